The highest BCUT2D eigenvalue weighted by atomic mass is 19.4. The highest BCUT2D eigenvalue weighted by Crippen LogP contribution is 2.54. The molecule has 5 nitrogen and oxygen atoms in total. The number of nitrogens with zero attached hydrogens (tertiary/aromatic N) is 2. The number of hydrogen-bond acceptors (Lipinski definition) is 4. The van der Waals surface area contributed by atoms with Gasteiger partial charge in [-0.2, -0.15) is 13.2 Å². The fraction of sp³-hybridized carbons (Fsp3) is 0.700. The fourth-order valence-corrected chi connectivity index (χ4v) is 4.61. The highest BCUT2D eigenvalue weighted by Gasteiger charge is 2.55. The predicted octanol–water partition coefficient (Wildman–Crippen LogP) is 3.85. The van der Waals surface area contributed by atoms with Crippen LogP contribution in [0.15, 0.2) is 18.5 Å². The second-order valence-electron chi connectivity index (χ2n) is 8.55. The highest BCUT2D eigenvalue weighted by molar-refractivity contribution is 6.00. The first kappa shape index (κ1) is 19.5. The molecule has 1 amide bonds. The van der Waals surface area contributed by atoms with Gasteiger partial charge in [0.1, 0.15) is 5.75 Å². The van der Waals surface area contributed by atoms with E-state index in [1.54, 1.807) is 4.90 Å². The minimum absolute atomic E-state index is 0.0113. The topological polar surface area (TPSA) is 62.7 Å². The van der Waals surface area contributed by atoms with Crippen molar-refractivity contribution in [1.29, 1.82) is 0 Å². The lowest BCUT2D eigenvalue weighted by Gasteiger charge is -2.41. The van der Waals surface area contributed by atoms with E-state index in [2.05, 4.69) is 4.98 Å². The normalized spacial score (nSPS) is 32.0. The summed E-state index contributed by atoms with van der Waals surface area (Å²) in [5.41, 5.74) is -0.643. The number of pyridine rings is 1. The van der Waals surface area contributed by atoms with E-state index in [1.807, 2.05) is 0 Å². The number of halogens is 3. The van der Waals surface area contributed by atoms with Crippen LogP contribution in [0.25, 0.3) is 0 Å². The minimum atomic E-state index is -4.47. The van der Waals surface area contributed by atoms with Crippen LogP contribution in [-0.2, 0) is 4.79 Å². The number of hydrogen-bond donors (Lipinski definition) is 1. The van der Waals surface area contributed by atoms with E-state index in [0.29, 0.717) is 50.3 Å². The van der Waals surface area contributed by atoms with Gasteiger partial charge in [-0.3, -0.25) is 9.78 Å². The van der Waals surface area contributed by atoms with E-state index < -0.39 is 23.3 Å². The molecular formula is C20H25F3N2O3. The fourth-order valence-electron chi connectivity index (χ4n) is 4.61. The Hall–Kier alpha value is -1.83. The molecule has 1 N–H and O–H groups in total. The Balaban J connectivity index is 1.46. The van der Waals surface area contributed by atoms with Gasteiger partial charge in [0, 0.05) is 12.6 Å². The Morgan fingerprint density at radius 3 is 2.50 bits per heavy atom. The third kappa shape index (κ3) is 3.47. The van der Waals surface area contributed by atoms with Gasteiger partial charge in [0.05, 0.1) is 29.1 Å². The molecule has 154 valence electrons. The summed E-state index contributed by atoms with van der Waals surface area (Å²) in [4.78, 5) is 18.7. The third-order valence-corrected chi connectivity index (χ3v) is 6.71. The number of aliphatic hydroxyl groups is 1. The zero-order valence-corrected chi connectivity index (χ0v) is 15.8. The molecule has 28 heavy (non-hydrogen) atoms. The standard InChI is InChI=1S/C20H25F3N2O3/c1-13(20(21,22)23)28-16-10-15(11-24-12-16)25-9-8-18(17(25)26)4-6-19(27,7-5-18)14-2-3-14/h10-14,27H,2-9H2,1H3/t13-,18-,19-/m1/s1. The molecule has 3 fully saturated rings. The molecule has 2 saturated carbocycles. The summed E-state index contributed by atoms with van der Waals surface area (Å²) < 4.78 is 43.1. The summed E-state index contributed by atoms with van der Waals surface area (Å²) in [7, 11) is 0. The molecule has 8 heteroatoms. The molecule has 1 atom stereocenters. The maximum atomic E-state index is 13.2. The van der Waals surface area contributed by atoms with Gasteiger partial charge in [0.25, 0.3) is 0 Å². The van der Waals surface area contributed by atoms with Crippen molar-refractivity contribution in [1.82, 2.24) is 4.98 Å². The Bertz CT molecular complexity index is 755. The van der Waals surface area contributed by atoms with Crippen molar-refractivity contribution in [2.75, 3.05) is 11.4 Å². The lowest BCUT2D eigenvalue weighted by atomic mass is 9.66. The molecule has 2 aliphatic carbocycles. The van der Waals surface area contributed by atoms with Crippen molar-refractivity contribution in [2.45, 2.75) is 69.8 Å². The zero-order chi connectivity index (χ0) is 20.2. The van der Waals surface area contributed by atoms with Crippen molar-refractivity contribution in [3.8, 4) is 5.75 Å². The van der Waals surface area contributed by atoms with E-state index in [1.165, 1.54) is 18.5 Å². The van der Waals surface area contributed by atoms with E-state index in [4.69, 9.17) is 4.74 Å². The van der Waals surface area contributed by atoms with Gasteiger partial charge in [0.15, 0.2) is 6.10 Å². The summed E-state index contributed by atoms with van der Waals surface area (Å²) >= 11 is 0. The van der Waals surface area contributed by atoms with Gasteiger partial charge in [-0.1, -0.05) is 0 Å². The van der Waals surface area contributed by atoms with Crippen LogP contribution in [0.5, 0.6) is 5.75 Å². The summed E-state index contributed by atoms with van der Waals surface area (Å²) in [5.74, 6) is 0.349. The number of aromatic nitrogens is 1. The molecule has 1 aliphatic heterocycles. The molecule has 0 aromatic carbocycles. The van der Waals surface area contributed by atoms with Crippen molar-refractivity contribution in [3.05, 3.63) is 18.5 Å². The molecule has 1 aromatic heterocycles. The molecule has 1 saturated heterocycles. The number of rotatable bonds is 4. The van der Waals surface area contributed by atoms with Crippen molar-refractivity contribution < 1.29 is 27.8 Å². The average Bonchev–Trinajstić information content (AvgIpc) is 3.45. The van der Waals surface area contributed by atoms with Gasteiger partial charge >= 0.3 is 6.18 Å². The lowest BCUT2D eigenvalue weighted by molar-refractivity contribution is -0.189. The molecular weight excluding hydrogens is 373 g/mol. The SMILES string of the molecule is C[C@@H](Oc1cncc(N2CC[C@]3(CC[C@](O)(C4CC4)CC3)C2=O)c1)C(F)(F)F. The molecule has 0 radical (unpaired) electrons. The predicted molar refractivity (Wildman–Crippen MR) is 95.9 cm³/mol. The number of anilines is 1. The first-order chi connectivity index (χ1) is 13.1. The summed E-state index contributed by atoms with van der Waals surface area (Å²) in [6, 6.07) is 1.44. The Morgan fingerprint density at radius 2 is 1.89 bits per heavy atom. The van der Waals surface area contributed by atoms with Crippen LogP contribution < -0.4 is 9.64 Å². The first-order valence-electron chi connectivity index (χ1n) is 9.86. The molecule has 3 aliphatic rings. The summed E-state index contributed by atoms with van der Waals surface area (Å²) in [6.45, 7) is 1.44. The van der Waals surface area contributed by atoms with Gasteiger partial charge in [0.2, 0.25) is 5.91 Å². The van der Waals surface area contributed by atoms with Crippen molar-refractivity contribution >= 4 is 11.6 Å². The number of carbonyl (C=O) groups excluding carboxylic acids is 1. The van der Waals surface area contributed by atoms with E-state index in [0.717, 1.165) is 19.8 Å². The maximum absolute atomic E-state index is 13.2. The molecule has 0 unspecified atom stereocenters. The van der Waals surface area contributed by atoms with Gasteiger partial charge < -0.3 is 14.7 Å². The van der Waals surface area contributed by atoms with Gasteiger partial charge in [-0.25, -0.2) is 0 Å². The van der Waals surface area contributed by atoms with Crippen LogP contribution >= 0.6 is 0 Å². The Morgan fingerprint density at radius 1 is 1.21 bits per heavy atom. The van der Waals surface area contributed by atoms with E-state index >= 15 is 0 Å². The lowest BCUT2D eigenvalue weighted by Crippen LogP contribution is -2.44. The molecule has 2 heterocycles. The Labute approximate surface area is 161 Å². The van der Waals surface area contributed by atoms with Crippen LogP contribution in [0.4, 0.5) is 18.9 Å². The van der Waals surface area contributed by atoms with Gasteiger partial charge in [-0.15, -0.1) is 0 Å². The largest absolute Gasteiger partial charge is 0.480 e. The van der Waals surface area contributed by atoms with Crippen LogP contribution in [0.2, 0.25) is 0 Å². The van der Waals surface area contributed by atoms with E-state index in [9.17, 15) is 23.1 Å². The molecule has 4 rings (SSSR count). The third-order valence-electron chi connectivity index (χ3n) is 6.71. The number of alkyl halides is 3. The smallest absolute Gasteiger partial charge is 0.425 e. The van der Waals surface area contributed by atoms with Crippen molar-refractivity contribution in [2.24, 2.45) is 11.3 Å². The van der Waals surface area contributed by atoms with Crippen LogP contribution in [0, 0.1) is 11.3 Å². The van der Waals surface area contributed by atoms with E-state index in [-0.39, 0.29) is 11.7 Å². The summed E-state index contributed by atoms with van der Waals surface area (Å²) in [6.07, 6.45) is 1.70. The summed E-state index contributed by atoms with van der Waals surface area (Å²) in [5, 5.41) is 10.8. The first-order valence-corrected chi connectivity index (χ1v) is 9.86. The number of amides is 1. The second kappa shape index (κ2) is 6.61. The minimum Gasteiger partial charge on any atom is -0.480 e. The number of ether oxygens (including phenoxy) is 1. The van der Waals surface area contributed by atoms with Crippen LogP contribution in [-0.4, -0.2) is 40.4 Å². The molecule has 0 bridgehead atoms. The van der Waals surface area contributed by atoms with Crippen molar-refractivity contribution in [3.63, 3.8) is 0 Å². The van der Waals surface area contributed by atoms with Crippen LogP contribution in [0.3, 0.4) is 0 Å². The zero-order valence-electron chi connectivity index (χ0n) is 15.8. The average molecular weight is 398 g/mol. The maximum Gasteiger partial charge on any atom is 0.425 e. The monoisotopic (exact) mass is 398 g/mol. The Kier molecular flexibility index (Phi) is 4.60. The quantitative estimate of drug-likeness (QED) is 0.837. The number of carbonyl (C=O) groups is 1. The second-order valence-corrected chi connectivity index (χ2v) is 8.55. The molecule has 1 spiro atoms. The van der Waals surface area contributed by atoms with Gasteiger partial charge in [-0.05, 0) is 57.8 Å². The van der Waals surface area contributed by atoms with Crippen LogP contribution in [0.1, 0.15) is 51.9 Å². The molecule has 1 aromatic rings.